The molecule has 5 rings (SSSR count). The largest absolute Gasteiger partial charge is 0.494 e. The third-order valence-electron chi connectivity index (χ3n) is 6.91. The Morgan fingerprint density at radius 2 is 2.13 bits per heavy atom. The number of hydrogen-bond acceptors (Lipinski definition) is 5. The minimum absolute atomic E-state index is 0.0201. The number of benzene rings is 1. The SMILES string of the molecule is CCc1[nH]c(=O)ccc1-c1nc2cc(C(=O)N3C[C@H]4CC[C@@H]3[C@@H]4N)cc(OC)c2n1C. The highest BCUT2D eigenvalue weighted by Gasteiger charge is 2.47. The fourth-order valence-corrected chi connectivity index (χ4v) is 5.28. The van der Waals surface area contributed by atoms with Crippen molar-refractivity contribution in [1.82, 2.24) is 19.4 Å². The summed E-state index contributed by atoms with van der Waals surface area (Å²) in [6, 6.07) is 7.11. The molecule has 162 valence electrons. The van der Waals surface area contributed by atoms with Crippen LogP contribution in [0.25, 0.3) is 22.4 Å². The number of fused-ring (bicyclic) bond motifs is 3. The number of nitrogens with one attached hydrogen (secondary N) is 1. The van der Waals surface area contributed by atoms with Gasteiger partial charge in [-0.05, 0) is 43.4 Å². The van der Waals surface area contributed by atoms with E-state index in [-0.39, 0.29) is 23.6 Å². The van der Waals surface area contributed by atoms with Gasteiger partial charge in [-0.25, -0.2) is 4.98 Å². The van der Waals surface area contributed by atoms with Crippen molar-refractivity contribution in [1.29, 1.82) is 0 Å². The lowest BCUT2D eigenvalue weighted by Gasteiger charge is -2.27. The van der Waals surface area contributed by atoms with Gasteiger partial charge in [0.2, 0.25) is 5.56 Å². The number of nitrogens with zero attached hydrogens (tertiary/aromatic N) is 3. The van der Waals surface area contributed by atoms with Crippen molar-refractivity contribution in [2.45, 2.75) is 38.3 Å². The summed E-state index contributed by atoms with van der Waals surface area (Å²) in [5.74, 6) is 1.69. The summed E-state index contributed by atoms with van der Waals surface area (Å²) in [5.41, 5.74) is 9.90. The Kier molecular flexibility index (Phi) is 4.62. The average Bonchev–Trinajstić information content (AvgIpc) is 3.42. The number of pyridine rings is 1. The van der Waals surface area contributed by atoms with E-state index in [0.717, 1.165) is 36.2 Å². The van der Waals surface area contributed by atoms with E-state index in [0.29, 0.717) is 35.0 Å². The number of nitrogens with two attached hydrogens (primary N) is 1. The molecule has 1 amide bonds. The van der Waals surface area contributed by atoms with Crippen molar-refractivity contribution in [3.05, 3.63) is 45.9 Å². The molecule has 8 nitrogen and oxygen atoms in total. The van der Waals surface area contributed by atoms with E-state index >= 15 is 0 Å². The number of amides is 1. The van der Waals surface area contributed by atoms with Crippen molar-refractivity contribution < 1.29 is 9.53 Å². The standard InChI is InChI=1S/C23H27N5O3/c1-4-15-14(6-8-19(29)25-15)22-26-16-9-13(10-18(31-3)21(16)27(22)2)23(30)28-11-12-5-7-17(28)20(12)24/h6,8-10,12,17,20H,4-5,7,11,24H2,1-3H3,(H,25,29)/t12-,17-,20-/m1/s1. The third kappa shape index (κ3) is 2.96. The second-order valence-corrected chi connectivity index (χ2v) is 8.55. The molecule has 3 aromatic rings. The molecule has 0 radical (unpaired) electrons. The third-order valence-corrected chi connectivity index (χ3v) is 6.91. The van der Waals surface area contributed by atoms with Gasteiger partial charge in [0.15, 0.2) is 0 Å². The molecule has 1 aromatic carbocycles. The predicted octanol–water partition coefficient (Wildman–Crippen LogP) is 2.06. The Labute approximate surface area is 180 Å². The molecule has 2 aliphatic rings. The molecular formula is C23H27N5O3. The molecule has 1 aliphatic heterocycles. The molecule has 0 spiro atoms. The fraction of sp³-hybridized carbons (Fsp3) is 0.435. The molecular weight excluding hydrogens is 394 g/mol. The van der Waals surface area contributed by atoms with Gasteiger partial charge in [0.25, 0.3) is 5.91 Å². The van der Waals surface area contributed by atoms with Crippen molar-refractivity contribution in [3.63, 3.8) is 0 Å². The highest BCUT2D eigenvalue weighted by atomic mass is 16.5. The number of imidazole rings is 1. The van der Waals surface area contributed by atoms with Crippen LogP contribution in [0.2, 0.25) is 0 Å². The van der Waals surface area contributed by atoms with Crippen molar-refractivity contribution in [2.24, 2.45) is 18.7 Å². The zero-order valence-corrected chi connectivity index (χ0v) is 18.0. The first-order valence-corrected chi connectivity index (χ1v) is 10.8. The maximum Gasteiger partial charge on any atom is 0.254 e. The summed E-state index contributed by atoms with van der Waals surface area (Å²) < 4.78 is 7.60. The van der Waals surface area contributed by atoms with Crippen LogP contribution in [0.5, 0.6) is 5.75 Å². The van der Waals surface area contributed by atoms with Gasteiger partial charge >= 0.3 is 0 Å². The number of likely N-dealkylation sites (tertiary alicyclic amines) is 1. The number of H-pyrrole nitrogens is 1. The molecule has 0 unspecified atom stereocenters. The number of methoxy groups -OCH3 is 1. The van der Waals surface area contributed by atoms with Crippen molar-refractivity contribution in [3.8, 4) is 17.1 Å². The van der Waals surface area contributed by atoms with Crippen LogP contribution in [0.4, 0.5) is 0 Å². The summed E-state index contributed by atoms with van der Waals surface area (Å²) >= 11 is 0. The van der Waals surface area contributed by atoms with Gasteiger partial charge in [-0.2, -0.15) is 0 Å². The quantitative estimate of drug-likeness (QED) is 0.671. The Balaban J connectivity index is 1.61. The second-order valence-electron chi connectivity index (χ2n) is 8.55. The lowest BCUT2D eigenvalue weighted by atomic mass is 10.1. The number of carbonyl (C=O) groups excluding carboxylic acids is 1. The summed E-state index contributed by atoms with van der Waals surface area (Å²) in [5, 5.41) is 0. The molecule has 3 heterocycles. The van der Waals surface area contributed by atoms with Crippen molar-refractivity contribution in [2.75, 3.05) is 13.7 Å². The Hall–Kier alpha value is -3.13. The first-order valence-electron chi connectivity index (χ1n) is 10.8. The van der Waals surface area contributed by atoms with Gasteiger partial charge in [-0.3, -0.25) is 9.59 Å². The number of rotatable bonds is 4. The molecule has 3 atom stereocenters. The van der Waals surface area contributed by atoms with E-state index in [1.54, 1.807) is 19.2 Å². The van der Waals surface area contributed by atoms with E-state index in [1.165, 1.54) is 6.07 Å². The van der Waals surface area contributed by atoms with E-state index in [9.17, 15) is 9.59 Å². The lowest BCUT2D eigenvalue weighted by Crippen LogP contribution is -2.41. The van der Waals surface area contributed by atoms with Crippen LogP contribution in [-0.4, -0.2) is 51.1 Å². The number of aryl methyl sites for hydroxylation is 2. The molecule has 3 N–H and O–H groups in total. The highest BCUT2D eigenvalue weighted by molar-refractivity contribution is 6.00. The normalized spacial score (nSPS) is 22.5. The van der Waals surface area contributed by atoms with Crippen molar-refractivity contribution >= 4 is 16.9 Å². The lowest BCUT2D eigenvalue weighted by molar-refractivity contribution is 0.0700. The number of hydrogen-bond donors (Lipinski definition) is 2. The summed E-state index contributed by atoms with van der Waals surface area (Å²) in [6.07, 6.45) is 2.74. The number of aromatic nitrogens is 3. The van der Waals surface area contributed by atoms with E-state index in [2.05, 4.69) is 4.98 Å². The predicted molar refractivity (Wildman–Crippen MR) is 118 cm³/mol. The van der Waals surface area contributed by atoms with Gasteiger partial charge in [0.1, 0.15) is 17.1 Å². The first kappa shape index (κ1) is 19.8. The van der Waals surface area contributed by atoms with Crippen LogP contribution >= 0.6 is 0 Å². The summed E-state index contributed by atoms with van der Waals surface area (Å²) in [6.45, 7) is 2.71. The molecule has 8 heteroatoms. The maximum atomic E-state index is 13.3. The van der Waals surface area contributed by atoms with E-state index in [1.807, 2.05) is 29.5 Å². The molecule has 1 saturated heterocycles. The first-order chi connectivity index (χ1) is 14.9. The molecule has 1 aliphatic carbocycles. The maximum absolute atomic E-state index is 13.3. The average molecular weight is 422 g/mol. The van der Waals surface area contributed by atoms with Crippen LogP contribution in [0.1, 0.15) is 35.8 Å². The molecule has 31 heavy (non-hydrogen) atoms. The van der Waals surface area contributed by atoms with Crippen LogP contribution in [0.3, 0.4) is 0 Å². The zero-order chi connectivity index (χ0) is 21.9. The Morgan fingerprint density at radius 1 is 1.32 bits per heavy atom. The van der Waals surface area contributed by atoms with Gasteiger partial charge < -0.3 is 24.9 Å². The van der Waals surface area contributed by atoms with Gasteiger partial charge in [0, 0.05) is 48.6 Å². The van der Waals surface area contributed by atoms with Crippen LogP contribution in [0.15, 0.2) is 29.1 Å². The minimum atomic E-state index is -0.136. The highest BCUT2D eigenvalue weighted by Crippen LogP contribution is 2.38. The smallest absolute Gasteiger partial charge is 0.254 e. The fourth-order valence-electron chi connectivity index (χ4n) is 5.28. The number of carbonyl (C=O) groups is 1. The second kappa shape index (κ2) is 7.23. The van der Waals surface area contributed by atoms with Gasteiger partial charge in [-0.1, -0.05) is 6.92 Å². The zero-order valence-electron chi connectivity index (χ0n) is 18.0. The molecule has 2 bridgehead atoms. The monoisotopic (exact) mass is 421 g/mol. The minimum Gasteiger partial charge on any atom is -0.494 e. The molecule has 1 saturated carbocycles. The van der Waals surface area contributed by atoms with Gasteiger partial charge in [0.05, 0.1) is 12.6 Å². The van der Waals surface area contributed by atoms with Crippen LogP contribution in [-0.2, 0) is 13.5 Å². The Morgan fingerprint density at radius 3 is 2.77 bits per heavy atom. The van der Waals surface area contributed by atoms with Crippen LogP contribution in [0, 0.1) is 5.92 Å². The van der Waals surface area contributed by atoms with Crippen LogP contribution < -0.4 is 16.0 Å². The number of aromatic amines is 1. The topological polar surface area (TPSA) is 106 Å². The number of piperidine rings is 1. The number of ether oxygens (including phenoxy) is 1. The van der Waals surface area contributed by atoms with E-state index < -0.39 is 0 Å². The summed E-state index contributed by atoms with van der Waals surface area (Å²) in [7, 11) is 3.51. The summed E-state index contributed by atoms with van der Waals surface area (Å²) in [4.78, 5) is 34.7. The molecule has 2 aromatic heterocycles. The van der Waals surface area contributed by atoms with E-state index in [4.69, 9.17) is 15.5 Å². The Bertz CT molecular complexity index is 1240. The molecule has 2 fully saturated rings. The van der Waals surface area contributed by atoms with Gasteiger partial charge in [-0.15, -0.1) is 0 Å².